The summed E-state index contributed by atoms with van der Waals surface area (Å²) < 4.78 is 0. The third-order valence-corrected chi connectivity index (χ3v) is 3.88. The van der Waals surface area contributed by atoms with E-state index >= 15 is 0 Å². The molecule has 1 aromatic carbocycles. The Labute approximate surface area is 115 Å². The van der Waals surface area contributed by atoms with Gasteiger partial charge in [0.1, 0.15) is 0 Å². The number of hydrogen-bond acceptors (Lipinski definition) is 3. The van der Waals surface area contributed by atoms with Crippen LogP contribution in [0.1, 0.15) is 17.3 Å². The van der Waals surface area contributed by atoms with Gasteiger partial charge >= 0.3 is 5.97 Å². The molecule has 2 heterocycles. The number of imidazole rings is 1. The fourth-order valence-electron chi connectivity index (χ4n) is 2.71. The molecule has 6 heteroatoms. The van der Waals surface area contributed by atoms with Gasteiger partial charge in [0.25, 0.3) is 5.91 Å². The largest absolute Gasteiger partial charge is 0.481 e. The Hall–Kier alpha value is -2.37. The van der Waals surface area contributed by atoms with Gasteiger partial charge in [-0.3, -0.25) is 9.59 Å². The molecule has 1 aliphatic heterocycles. The number of benzene rings is 1. The van der Waals surface area contributed by atoms with Crippen molar-refractivity contribution in [3.63, 3.8) is 0 Å². The number of nitrogens with one attached hydrogen (secondary N) is 1. The summed E-state index contributed by atoms with van der Waals surface area (Å²) in [4.78, 5) is 32.2. The normalized spacial score (nSPS) is 22.4. The lowest BCUT2D eigenvalue weighted by atomic mass is 9.99. The zero-order valence-corrected chi connectivity index (χ0v) is 11.0. The van der Waals surface area contributed by atoms with Crippen LogP contribution >= 0.6 is 0 Å². The van der Waals surface area contributed by atoms with Gasteiger partial charge in [0.15, 0.2) is 0 Å². The maximum Gasteiger partial charge on any atom is 0.308 e. The van der Waals surface area contributed by atoms with Gasteiger partial charge in [0, 0.05) is 18.7 Å². The van der Waals surface area contributed by atoms with Gasteiger partial charge in [0.05, 0.1) is 23.3 Å². The Balaban J connectivity index is 1.84. The molecule has 0 unspecified atom stereocenters. The van der Waals surface area contributed by atoms with Crippen LogP contribution in [-0.4, -0.2) is 44.9 Å². The summed E-state index contributed by atoms with van der Waals surface area (Å²) in [5.41, 5.74) is 2.16. The Morgan fingerprint density at radius 3 is 2.90 bits per heavy atom. The van der Waals surface area contributed by atoms with Crippen molar-refractivity contribution < 1.29 is 14.7 Å². The minimum absolute atomic E-state index is 0.0210. The zero-order valence-electron chi connectivity index (χ0n) is 11.0. The van der Waals surface area contributed by atoms with Crippen LogP contribution in [0, 0.1) is 11.8 Å². The molecular formula is C14H15N3O3. The highest BCUT2D eigenvalue weighted by Gasteiger charge is 2.37. The first kappa shape index (κ1) is 12.7. The van der Waals surface area contributed by atoms with Gasteiger partial charge in [-0.1, -0.05) is 6.92 Å². The van der Waals surface area contributed by atoms with Gasteiger partial charge in [-0.2, -0.15) is 0 Å². The van der Waals surface area contributed by atoms with Crippen LogP contribution in [0.15, 0.2) is 24.5 Å². The lowest BCUT2D eigenvalue weighted by molar-refractivity contribution is -0.142. The molecule has 20 heavy (non-hydrogen) atoms. The smallest absolute Gasteiger partial charge is 0.308 e. The summed E-state index contributed by atoms with van der Waals surface area (Å²) in [5.74, 6) is -1.46. The Morgan fingerprint density at radius 2 is 2.20 bits per heavy atom. The molecule has 1 amide bonds. The molecule has 6 nitrogen and oxygen atoms in total. The molecule has 1 fully saturated rings. The van der Waals surface area contributed by atoms with Crippen molar-refractivity contribution in [3.05, 3.63) is 30.1 Å². The second-order valence-corrected chi connectivity index (χ2v) is 5.27. The van der Waals surface area contributed by atoms with E-state index in [9.17, 15) is 9.59 Å². The van der Waals surface area contributed by atoms with E-state index in [4.69, 9.17) is 5.11 Å². The van der Waals surface area contributed by atoms with Crippen molar-refractivity contribution in [1.82, 2.24) is 14.9 Å². The van der Waals surface area contributed by atoms with Crippen molar-refractivity contribution in [2.24, 2.45) is 11.8 Å². The van der Waals surface area contributed by atoms with Crippen molar-refractivity contribution in [1.29, 1.82) is 0 Å². The standard InChI is InChI=1S/C14H15N3O3/c1-8-5-17(6-10(8)14(19)20)13(18)9-2-3-11-12(4-9)16-7-15-11/h2-4,7-8,10H,5-6H2,1H3,(H,15,16)(H,19,20)/t8-,10-/m1/s1. The third-order valence-electron chi connectivity index (χ3n) is 3.88. The minimum Gasteiger partial charge on any atom is -0.481 e. The third kappa shape index (κ3) is 2.03. The van der Waals surface area contributed by atoms with Crippen LogP contribution in [0.5, 0.6) is 0 Å². The van der Waals surface area contributed by atoms with Crippen LogP contribution in [-0.2, 0) is 4.79 Å². The van der Waals surface area contributed by atoms with E-state index < -0.39 is 11.9 Å². The first-order valence-corrected chi connectivity index (χ1v) is 6.51. The molecule has 1 saturated heterocycles. The van der Waals surface area contributed by atoms with Crippen LogP contribution in [0.3, 0.4) is 0 Å². The van der Waals surface area contributed by atoms with Crippen LogP contribution in [0.25, 0.3) is 11.0 Å². The van der Waals surface area contributed by atoms with E-state index in [0.29, 0.717) is 12.1 Å². The monoisotopic (exact) mass is 273 g/mol. The maximum absolute atomic E-state index is 12.4. The minimum atomic E-state index is -0.836. The topological polar surface area (TPSA) is 86.3 Å². The lowest BCUT2D eigenvalue weighted by Gasteiger charge is -2.15. The van der Waals surface area contributed by atoms with Crippen LogP contribution < -0.4 is 0 Å². The van der Waals surface area contributed by atoms with E-state index in [1.807, 2.05) is 6.92 Å². The SMILES string of the molecule is C[C@@H]1CN(C(=O)c2ccc3nc[nH]c3c2)C[C@H]1C(=O)O. The summed E-state index contributed by atoms with van der Waals surface area (Å²) in [5, 5.41) is 9.12. The van der Waals surface area contributed by atoms with Gasteiger partial charge in [-0.25, -0.2) is 4.98 Å². The first-order valence-electron chi connectivity index (χ1n) is 6.51. The van der Waals surface area contributed by atoms with Gasteiger partial charge in [-0.05, 0) is 24.1 Å². The molecule has 0 radical (unpaired) electrons. The molecule has 1 aromatic heterocycles. The van der Waals surface area contributed by atoms with Crippen molar-refractivity contribution in [3.8, 4) is 0 Å². The molecule has 0 spiro atoms. The zero-order chi connectivity index (χ0) is 14.3. The molecule has 3 rings (SSSR count). The average Bonchev–Trinajstić information content (AvgIpc) is 3.02. The average molecular weight is 273 g/mol. The number of H-pyrrole nitrogens is 1. The maximum atomic E-state index is 12.4. The summed E-state index contributed by atoms with van der Waals surface area (Å²) in [7, 11) is 0. The number of fused-ring (bicyclic) bond motifs is 1. The second-order valence-electron chi connectivity index (χ2n) is 5.27. The van der Waals surface area contributed by atoms with Gasteiger partial charge < -0.3 is 15.0 Å². The van der Waals surface area contributed by atoms with E-state index in [1.165, 1.54) is 0 Å². The Bertz CT molecular complexity index is 679. The summed E-state index contributed by atoms with van der Waals surface area (Å²) >= 11 is 0. The highest BCUT2D eigenvalue weighted by Crippen LogP contribution is 2.25. The lowest BCUT2D eigenvalue weighted by Crippen LogP contribution is -2.29. The molecule has 0 bridgehead atoms. The number of likely N-dealkylation sites (tertiary alicyclic amines) is 1. The number of nitrogens with zero attached hydrogens (tertiary/aromatic N) is 2. The fraction of sp³-hybridized carbons (Fsp3) is 0.357. The number of aromatic amines is 1. The van der Waals surface area contributed by atoms with E-state index in [2.05, 4.69) is 9.97 Å². The number of aromatic nitrogens is 2. The Morgan fingerprint density at radius 1 is 1.40 bits per heavy atom. The number of aliphatic carboxylic acids is 1. The highest BCUT2D eigenvalue weighted by molar-refractivity contribution is 5.97. The molecule has 2 atom stereocenters. The molecule has 0 aliphatic carbocycles. The molecular weight excluding hydrogens is 258 g/mol. The second kappa shape index (κ2) is 4.63. The van der Waals surface area contributed by atoms with Crippen LogP contribution in [0.4, 0.5) is 0 Å². The van der Waals surface area contributed by atoms with Crippen molar-refractivity contribution in [2.75, 3.05) is 13.1 Å². The summed E-state index contributed by atoms with van der Waals surface area (Å²) in [6, 6.07) is 5.26. The predicted octanol–water partition coefficient (Wildman–Crippen LogP) is 1.36. The Kier molecular flexibility index (Phi) is 2.93. The molecule has 2 aromatic rings. The summed E-state index contributed by atoms with van der Waals surface area (Å²) in [6.45, 7) is 2.62. The highest BCUT2D eigenvalue weighted by atomic mass is 16.4. The molecule has 1 aliphatic rings. The number of carbonyl (C=O) groups excluding carboxylic acids is 1. The summed E-state index contributed by atoms with van der Waals surface area (Å²) in [6.07, 6.45) is 1.58. The quantitative estimate of drug-likeness (QED) is 0.865. The number of amides is 1. The molecule has 0 saturated carbocycles. The van der Waals surface area contributed by atoms with Crippen molar-refractivity contribution >= 4 is 22.9 Å². The predicted molar refractivity (Wildman–Crippen MR) is 72.3 cm³/mol. The van der Waals surface area contributed by atoms with Gasteiger partial charge in [0.2, 0.25) is 0 Å². The van der Waals surface area contributed by atoms with E-state index in [-0.39, 0.29) is 18.4 Å². The number of carboxylic acids is 1. The number of carboxylic acid groups (broad SMARTS) is 1. The van der Waals surface area contributed by atoms with E-state index in [1.54, 1.807) is 29.4 Å². The fourth-order valence-corrected chi connectivity index (χ4v) is 2.71. The number of carbonyl (C=O) groups is 2. The van der Waals surface area contributed by atoms with Gasteiger partial charge in [-0.15, -0.1) is 0 Å². The molecule has 104 valence electrons. The molecule has 2 N–H and O–H groups in total. The first-order chi connectivity index (χ1) is 9.56. The van der Waals surface area contributed by atoms with Crippen LogP contribution in [0.2, 0.25) is 0 Å². The van der Waals surface area contributed by atoms with Crippen molar-refractivity contribution in [2.45, 2.75) is 6.92 Å². The number of rotatable bonds is 2. The van der Waals surface area contributed by atoms with E-state index in [0.717, 1.165) is 11.0 Å². The number of hydrogen-bond donors (Lipinski definition) is 2.